The molecule has 1 unspecified atom stereocenters. The number of urea groups is 1. The molecule has 0 spiro atoms. The molecule has 1 aromatic heterocycles. The number of benzene rings is 2. The van der Waals surface area contributed by atoms with E-state index in [1.165, 1.54) is 12.8 Å². The molecular formula is C35H49N7O3. The molecular weight excluding hydrogens is 566 g/mol. The number of hydrogen-bond donors (Lipinski definition) is 5. The van der Waals surface area contributed by atoms with E-state index < -0.39 is 12.4 Å². The zero-order valence-corrected chi connectivity index (χ0v) is 26.8. The van der Waals surface area contributed by atoms with Crippen LogP contribution in [0.2, 0.25) is 0 Å². The zero-order valence-electron chi connectivity index (χ0n) is 26.8. The van der Waals surface area contributed by atoms with Crippen molar-refractivity contribution >= 4 is 34.2 Å². The lowest BCUT2D eigenvalue weighted by Gasteiger charge is -2.39. The van der Waals surface area contributed by atoms with Crippen LogP contribution in [0, 0.1) is 11.8 Å². The number of H-pyrrole nitrogens is 1. The van der Waals surface area contributed by atoms with Gasteiger partial charge in [-0.1, -0.05) is 43.7 Å². The van der Waals surface area contributed by atoms with Crippen molar-refractivity contribution in [1.29, 1.82) is 0 Å². The number of para-hydroxylation sites is 3. The van der Waals surface area contributed by atoms with Crippen LogP contribution in [-0.2, 0) is 4.79 Å². The number of aliphatic hydroxyl groups excluding tert-OH is 1. The number of amides is 3. The number of carbonyl (C=O) groups excluding carboxylic acids is 2. The number of aliphatic hydroxyl groups is 1. The number of likely N-dealkylation sites (tertiary alicyclic amines) is 1. The summed E-state index contributed by atoms with van der Waals surface area (Å²) < 4.78 is 0. The first kappa shape index (κ1) is 31.2. The molecule has 2 aromatic carbocycles. The molecule has 3 aromatic rings. The Morgan fingerprint density at radius 2 is 1.76 bits per heavy atom. The molecule has 0 bridgehead atoms. The first-order chi connectivity index (χ1) is 21.8. The molecule has 3 amide bonds. The van der Waals surface area contributed by atoms with Crippen LogP contribution in [-0.4, -0.2) is 90.5 Å². The van der Waals surface area contributed by atoms with Gasteiger partial charge in [-0.2, -0.15) is 0 Å². The van der Waals surface area contributed by atoms with Crippen molar-refractivity contribution in [3.05, 3.63) is 60.3 Å². The minimum atomic E-state index is -0.778. The molecule has 5 atom stereocenters. The fourth-order valence-corrected chi connectivity index (χ4v) is 7.82. The predicted octanol–water partition coefficient (Wildman–Crippen LogP) is 4.51. The number of rotatable bonds is 9. The molecule has 1 aliphatic carbocycles. The lowest BCUT2D eigenvalue weighted by molar-refractivity contribution is -0.123. The molecule has 2 aliphatic heterocycles. The van der Waals surface area contributed by atoms with Crippen molar-refractivity contribution in [2.75, 3.05) is 50.5 Å². The normalized spacial score (nSPS) is 23.4. The summed E-state index contributed by atoms with van der Waals surface area (Å²) in [6, 6.07) is 15.2. The average molecular weight is 616 g/mol. The first-order valence-corrected chi connectivity index (χ1v) is 16.6. The first-order valence-electron chi connectivity index (χ1n) is 16.6. The minimum absolute atomic E-state index is 0.108. The molecule has 5 N–H and O–H groups in total. The second-order valence-corrected chi connectivity index (χ2v) is 13.6. The van der Waals surface area contributed by atoms with Crippen molar-refractivity contribution in [2.45, 2.75) is 69.8 Å². The van der Waals surface area contributed by atoms with Gasteiger partial charge in [0.2, 0.25) is 12.3 Å². The van der Waals surface area contributed by atoms with Gasteiger partial charge in [-0.15, -0.1) is 0 Å². The molecule has 10 nitrogen and oxygen atoms in total. The lowest BCUT2D eigenvalue weighted by Crippen LogP contribution is -2.56. The lowest BCUT2D eigenvalue weighted by atomic mass is 9.81. The quantitative estimate of drug-likeness (QED) is 0.242. The maximum absolute atomic E-state index is 13.9. The van der Waals surface area contributed by atoms with E-state index in [0.29, 0.717) is 31.5 Å². The molecule has 3 aliphatic rings. The topological polar surface area (TPSA) is 116 Å². The summed E-state index contributed by atoms with van der Waals surface area (Å²) in [6.45, 7) is 4.84. The van der Waals surface area contributed by atoms with Gasteiger partial charge >= 0.3 is 6.03 Å². The number of nitrogens with one attached hydrogen (secondary N) is 4. The van der Waals surface area contributed by atoms with Crippen molar-refractivity contribution in [3.8, 4) is 0 Å². The summed E-state index contributed by atoms with van der Waals surface area (Å²) in [5.41, 5.74) is 3.94. The molecule has 1 saturated heterocycles. The van der Waals surface area contributed by atoms with E-state index in [-0.39, 0.29) is 23.9 Å². The highest BCUT2D eigenvalue weighted by atomic mass is 16.3. The fourth-order valence-electron chi connectivity index (χ4n) is 7.82. The number of hydrogen-bond acceptors (Lipinski definition) is 6. The molecule has 3 heterocycles. The van der Waals surface area contributed by atoms with E-state index in [0.717, 1.165) is 60.1 Å². The number of aromatic amines is 1. The van der Waals surface area contributed by atoms with Crippen molar-refractivity contribution in [3.63, 3.8) is 0 Å². The van der Waals surface area contributed by atoms with Crippen molar-refractivity contribution in [2.24, 2.45) is 11.8 Å². The fraction of sp³-hybridized carbons (Fsp3) is 0.543. The number of carbonyl (C=O) groups is 2. The van der Waals surface area contributed by atoms with Gasteiger partial charge in [0.15, 0.2) is 0 Å². The molecule has 1 saturated carbocycles. The van der Waals surface area contributed by atoms with Gasteiger partial charge in [0.25, 0.3) is 0 Å². The monoisotopic (exact) mass is 615 g/mol. The Kier molecular flexibility index (Phi) is 9.51. The maximum atomic E-state index is 13.9. The molecule has 0 radical (unpaired) electrons. The summed E-state index contributed by atoms with van der Waals surface area (Å²) in [6.07, 6.45) is 7.32. The molecule has 10 heteroatoms. The van der Waals surface area contributed by atoms with Crippen LogP contribution in [0.15, 0.2) is 54.7 Å². The number of fused-ring (bicyclic) bond motifs is 2. The summed E-state index contributed by atoms with van der Waals surface area (Å²) >= 11 is 0. The molecule has 6 rings (SSSR count). The number of piperidine rings is 1. The number of aromatic nitrogens is 1. The molecule has 2 fully saturated rings. The predicted molar refractivity (Wildman–Crippen MR) is 179 cm³/mol. The Labute approximate surface area is 266 Å². The summed E-state index contributed by atoms with van der Waals surface area (Å²) in [5, 5.41) is 21.3. The van der Waals surface area contributed by atoms with Gasteiger partial charge in [-0.25, -0.2) is 4.79 Å². The van der Waals surface area contributed by atoms with Gasteiger partial charge in [0, 0.05) is 55.2 Å². The van der Waals surface area contributed by atoms with Crippen LogP contribution in [0.1, 0.15) is 56.9 Å². The molecule has 242 valence electrons. The van der Waals surface area contributed by atoms with Crippen molar-refractivity contribution in [1.82, 2.24) is 25.4 Å². The Morgan fingerprint density at radius 3 is 2.56 bits per heavy atom. The van der Waals surface area contributed by atoms with Crippen LogP contribution in [0.25, 0.3) is 10.9 Å². The third kappa shape index (κ3) is 6.92. The van der Waals surface area contributed by atoms with Gasteiger partial charge < -0.3 is 40.7 Å². The van der Waals surface area contributed by atoms with Gasteiger partial charge in [0.1, 0.15) is 6.04 Å². The third-order valence-corrected chi connectivity index (χ3v) is 10.1. The second kappa shape index (κ2) is 13.7. The van der Waals surface area contributed by atoms with Crippen LogP contribution in [0.4, 0.5) is 16.2 Å². The van der Waals surface area contributed by atoms with Crippen LogP contribution in [0.3, 0.4) is 0 Å². The van der Waals surface area contributed by atoms with E-state index >= 15 is 0 Å². The highest BCUT2D eigenvalue weighted by molar-refractivity contribution is 5.90. The van der Waals surface area contributed by atoms with E-state index in [2.05, 4.69) is 46.0 Å². The number of anilines is 2. The Hall–Kier alpha value is -3.76. The summed E-state index contributed by atoms with van der Waals surface area (Å²) in [4.78, 5) is 37.1. The second-order valence-electron chi connectivity index (χ2n) is 13.6. The summed E-state index contributed by atoms with van der Waals surface area (Å²) in [5.74, 6) is 0.739. The van der Waals surface area contributed by atoms with Crippen molar-refractivity contribution < 1.29 is 14.7 Å². The Morgan fingerprint density at radius 1 is 1.02 bits per heavy atom. The van der Waals surface area contributed by atoms with E-state index in [1.54, 1.807) is 0 Å². The highest BCUT2D eigenvalue weighted by Gasteiger charge is 2.37. The van der Waals surface area contributed by atoms with Gasteiger partial charge in [-0.05, 0) is 81.8 Å². The van der Waals surface area contributed by atoms with Gasteiger partial charge in [-0.3, -0.25) is 4.79 Å². The highest BCUT2D eigenvalue weighted by Crippen LogP contribution is 2.37. The minimum Gasteiger partial charge on any atom is -0.361 e. The van der Waals surface area contributed by atoms with Gasteiger partial charge in [0.05, 0.1) is 11.4 Å². The van der Waals surface area contributed by atoms with E-state index in [9.17, 15) is 14.7 Å². The Balaban J connectivity index is 1.12. The maximum Gasteiger partial charge on any atom is 0.318 e. The van der Waals surface area contributed by atoms with Crippen LogP contribution >= 0.6 is 0 Å². The SMILES string of the molecule is C[C@@H](c1c[nH]c2ccccc12)[C@@H](NC(=O)N1CCC(N2c3ccccc3NC2O)CC1)C(=O)NC[C@@H]1CCC[C@H](CN(C)C)C1. The standard InChI is InChI=1S/C35H49N7O3/c1-23(28-21-36-29-12-5-4-11-27(28)29)32(33(43)37-20-24-9-8-10-25(19-24)22-40(2)3)39-34(44)41-17-15-26(16-18-41)42-31-14-7-6-13-30(31)38-35(42)45/h4-7,11-14,21,23-26,32,35-36,38,45H,8-10,15-20,22H2,1-3H3,(H,37,43)(H,39,44)/t23-,24+,25-,32+,35?/m0/s1. The van der Waals surface area contributed by atoms with E-state index in [1.807, 2.05) is 65.4 Å². The largest absolute Gasteiger partial charge is 0.361 e. The van der Waals surface area contributed by atoms with Crippen LogP contribution < -0.4 is 20.9 Å². The third-order valence-electron chi connectivity index (χ3n) is 10.1. The summed E-state index contributed by atoms with van der Waals surface area (Å²) in [7, 11) is 4.25. The van der Waals surface area contributed by atoms with Crippen LogP contribution in [0.5, 0.6) is 0 Å². The molecule has 45 heavy (non-hydrogen) atoms. The Bertz CT molecular complexity index is 1470. The number of nitrogens with zero attached hydrogens (tertiary/aromatic N) is 3. The smallest absolute Gasteiger partial charge is 0.318 e. The average Bonchev–Trinajstić information content (AvgIpc) is 3.62. The van der Waals surface area contributed by atoms with E-state index in [4.69, 9.17) is 0 Å². The zero-order chi connectivity index (χ0) is 31.5.